The van der Waals surface area contributed by atoms with E-state index in [9.17, 15) is 0 Å². The minimum absolute atomic E-state index is 0.938. The molecule has 1 aromatic heterocycles. The van der Waals surface area contributed by atoms with Gasteiger partial charge in [-0.05, 0) is 13.3 Å². The SMILES string of the molecule is CCc1cnoc1C. The Labute approximate surface area is 48.5 Å². The lowest BCUT2D eigenvalue weighted by Crippen LogP contribution is -1.75. The lowest BCUT2D eigenvalue weighted by Gasteiger charge is -1.83. The van der Waals surface area contributed by atoms with E-state index in [0.717, 1.165) is 12.2 Å². The molecule has 1 aromatic rings. The molecular weight excluding hydrogens is 102 g/mol. The van der Waals surface area contributed by atoms with Crippen molar-refractivity contribution in [2.75, 3.05) is 0 Å². The lowest BCUT2D eigenvalue weighted by atomic mass is 10.2. The van der Waals surface area contributed by atoms with Gasteiger partial charge >= 0.3 is 0 Å². The van der Waals surface area contributed by atoms with Crippen LogP contribution in [0.1, 0.15) is 18.2 Å². The molecule has 1 heterocycles. The van der Waals surface area contributed by atoms with Crippen LogP contribution in [-0.2, 0) is 6.42 Å². The average molecular weight is 111 g/mol. The second-order valence-corrected chi connectivity index (χ2v) is 1.76. The van der Waals surface area contributed by atoms with Gasteiger partial charge in [0.15, 0.2) is 0 Å². The van der Waals surface area contributed by atoms with E-state index in [2.05, 4.69) is 12.1 Å². The van der Waals surface area contributed by atoms with Gasteiger partial charge in [0.05, 0.1) is 6.20 Å². The number of hydrogen-bond acceptors (Lipinski definition) is 2. The highest BCUT2D eigenvalue weighted by Crippen LogP contribution is 2.04. The zero-order valence-corrected chi connectivity index (χ0v) is 5.14. The molecule has 1 rings (SSSR count). The Hall–Kier alpha value is -0.790. The van der Waals surface area contributed by atoms with Crippen molar-refractivity contribution in [3.05, 3.63) is 17.5 Å². The molecule has 0 aliphatic heterocycles. The largest absolute Gasteiger partial charge is 0.361 e. The van der Waals surface area contributed by atoms with Gasteiger partial charge in [0, 0.05) is 5.56 Å². The summed E-state index contributed by atoms with van der Waals surface area (Å²) < 4.78 is 4.81. The third kappa shape index (κ3) is 0.735. The first kappa shape index (κ1) is 5.35. The van der Waals surface area contributed by atoms with Crippen LogP contribution in [0.15, 0.2) is 10.7 Å². The van der Waals surface area contributed by atoms with Crippen LogP contribution in [0.25, 0.3) is 0 Å². The van der Waals surface area contributed by atoms with Crippen LogP contribution in [-0.4, -0.2) is 5.16 Å². The Balaban J connectivity index is 2.92. The number of aryl methyl sites for hydroxylation is 2. The van der Waals surface area contributed by atoms with Crippen molar-refractivity contribution in [1.82, 2.24) is 5.16 Å². The normalized spacial score (nSPS) is 9.75. The van der Waals surface area contributed by atoms with Crippen molar-refractivity contribution >= 4 is 0 Å². The van der Waals surface area contributed by atoms with Crippen molar-refractivity contribution in [3.63, 3.8) is 0 Å². The van der Waals surface area contributed by atoms with Gasteiger partial charge in [-0.3, -0.25) is 0 Å². The van der Waals surface area contributed by atoms with E-state index in [-0.39, 0.29) is 0 Å². The molecule has 0 aromatic carbocycles. The van der Waals surface area contributed by atoms with Crippen LogP contribution in [0, 0.1) is 6.92 Å². The first-order chi connectivity index (χ1) is 3.84. The summed E-state index contributed by atoms with van der Waals surface area (Å²) in [6, 6.07) is 0. The van der Waals surface area contributed by atoms with E-state index in [1.807, 2.05) is 6.92 Å². The first-order valence-corrected chi connectivity index (χ1v) is 2.74. The third-order valence-corrected chi connectivity index (χ3v) is 1.23. The monoisotopic (exact) mass is 111 g/mol. The fraction of sp³-hybridized carbons (Fsp3) is 0.500. The molecule has 0 radical (unpaired) electrons. The maximum atomic E-state index is 4.81. The summed E-state index contributed by atoms with van der Waals surface area (Å²) in [5, 5.41) is 3.62. The fourth-order valence-electron chi connectivity index (χ4n) is 0.659. The Morgan fingerprint density at radius 1 is 1.75 bits per heavy atom. The Morgan fingerprint density at radius 2 is 2.50 bits per heavy atom. The average Bonchev–Trinajstić information content (AvgIpc) is 2.14. The summed E-state index contributed by atoms with van der Waals surface area (Å²) in [7, 11) is 0. The van der Waals surface area contributed by atoms with Crippen molar-refractivity contribution in [2.24, 2.45) is 0 Å². The molecule has 2 heteroatoms. The summed E-state index contributed by atoms with van der Waals surface area (Å²) in [5.41, 5.74) is 1.20. The molecule has 0 saturated heterocycles. The van der Waals surface area contributed by atoms with Crippen LogP contribution in [0.5, 0.6) is 0 Å². The minimum atomic E-state index is 0.938. The van der Waals surface area contributed by atoms with E-state index in [4.69, 9.17) is 4.52 Å². The maximum absolute atomic E-state index is 4.81. The molecule has 2 nitrogen and oxygen atoms in total. The van der Waals surface area contributed by atoms with Gasteiger partial charge in [0.2, 0.25) is 0 Å². The molecule has 0 saturated carbocycles. The van der Waals surface area contributed by atoms with E-state index in [1.165, 1.54) is 5.56 Å². The maximum Gasteiger partial charge on any atom is 0.136 e. The summed E-state index contributed by atoms with van der Waals surface area (Å²) in [6.45, 7) is 4.01. The Bertz CT molecular complexity index is 169. The number of nitrogens with zero attached hydrogens (tertiary/aromatic N) is 1. The highest BCUT2D eigenvalue weighted by Gasteiger charge is 1.96. The van der Waals surface area contributed by atoms with Gasteiger partial charge in [-0.15, -0.1) is 0 Å². The van der Waals surface area contributed by atoms with Crippen LogP contribution in [0.3, 0.4) is 0 Å². The van der Waals surface area contributed by atoms with Gasteiger partial charge in [-0.1, -0.05) is 12.1 Å². The molecule has 8 heavy (non-hydrogen) atoms. The first-order valence-electron chi connectivity index (χ1n) is 2.74. The highest BCUT2D eigenvalue weighted by atomic mass is 16.5. The molecular formula is C6H9NO. The van der Waals surface area contributed by atoms with Gasteiger partial charge in [0.25, 0.3) is 0 Å². The predicted molar refractivity (Wildman–Crippen MR) is 30.6 cm³/mol. The van der Waals surface area contributed by atoms with Crippen LogP contribution >= 0.6 is 0 Å². The zero-order valence-electron chi connectivity index (χ0n) is 5.14. The van der Waals surface area contributed by atoms with Crippen molar-refractivity contribution < 1.29 is 4.52 Å². The molecule has 0 amide bonds. The summed E-state index contributed by atoms with van der Waals surface area (Å²) in [5.74, 6) is 0.938. The summed E-state index contributed by atoms with van der Waals surface area (Å²) in [4.78, 5) is 0. The molecule has 0 fully saturated rings. The third-order valence-electron chi connectivity index (χ3n) is 1.23. The molecule has 44 valence electrons. The molecule has 0 aliphatic carbocycles. The van der Waals surface area contributed by atoms with E-state index < -0.39 is 0 Å². The zero-order chi connectivity index (χ0) is 5.98. The standard InChI is InChI=1S/C6H9NO/c1-3-6-4-7-8-5(6)2/h4H,3H2,1-2H3. The summed E-state index contributed by atoms with van der Waals surface area (Å²) in [6.07, 6.45) is 2.77. The van der Waals surface area contributed by atoms with Crippen LogP contribution in [0.2, 0.25) is 0 Å². The van der Waals surface area contributed by atoms with Gasteiger partial charge < -0.3 is 4.52 Å². The smallest absolute Gasteiger partial charge is 0.136 e. The quantitative estimate of drug-likeness (QED) is 0.549. The van der Waals surface area contributed by atoms with E-state index in [1.54, 1.807) is 6.20 Å². The predicted octanol–water partition coefficient (Wildman–Crippen LogP) is 1.55. The van der Waals surface area contributed by atoms with Gasteiger partial charge in [-0.2, -0.15) is 0 Å². The lowest BCUT2D eigenvalue weighted by molar-refractivity contribution is 0.396. The number of hydrogen-bond donors (Lipinski definition) is 0. The number of rotatable bonds is 1. The minimum Gasteiger partial charge on any atom is -0.361 e. The molecule has 0 atom stereocenters. The van der Waals surface area contributed by atoms with Crippen LogP contribution < -0.4 is 0 Å². The molecule has 0 aliphatic rings. The number of aromatic nitrogens is 1. The Kier molecular flexibility index (Phi) is 1.33. The summed E-state index contributed by atoms with van der Waals surface area (Å²) >= 11 is 0. The molecule has 0 bridgehead atoms. The second-order valence-electron chi connectivity index (χ2n) is 1.76. The van der Waals surface area contributed by atoms with Crippen LogP contribution in [0.4, 0.5) is 0 Å². The van der Waals surface area contributed by atoms with E-state index in [0.29, 0.717) is 0 Å². The van der Waals surface area contributed by atoms with E-state index >= 15 is 0 Å². The Morgan fingerprint density at radius 3 is 2.75 bits per heavy atom. The molecule has 0 spiro atoms. The van der Waals surface area contributed by atoms with Crippen molar-refractivity contribution in [1.29, 1.82) is 0 Å². The van der Waals surface area contributed by atoms with Crippen molar-refractivity contribution in [3.8, 4) is 0 Å². The van der Waals surface area contributed by atoms with Gasteiger partial charge in [0.1, 0.15) is 5.76 Å². The highest BCUT2D eigenvalue weighted by molar-refractivity contribution is 5.10. The fourth-order valence-corrected chi connectivity index (χ4v) is 0.659. The van der Waals surface area contributed by atoms with Crippen molar-refractivity contribution in [2.45, 2.75) is 20.3 Å². The van der Waals surface area contributed by atoms with Gasteiger partial charge in [-0.25, -0.2) is 0 Å². The topological polar surface area (TPSA) is 26.0 Å². The molecule has 0 N–H and O–H groups in total. The second kappa shape index (κ2) is 1.99. The molecule has 0 unspecified atom stereocenters.